The van der Waals surface area contributed by atoms with Crippen molar-refractivity contribution in [1.29, 1.82) is 0 Å². The zero-order chi connectivity index (χ0) is 11.1. The zero-order valence-electron chi connectivity index (χ0n) is 9.58. The molecule has 1 rings (SSSR count). The van der Waals surface area contributed by atoms with Crippen molar-refractivity contribution >= 4 is 5.91 Å². The maximum Gasteiger partial charge on any atom is 0.222 e. The molecule has 1 atom stereocenters. The van der Waals surface area contributed by atoms with Gasteiger partial charge in [-0.3, -0.25) is 4.79 Å². The van der Waals surface area contributed by atoms with Gasteiger partial charge in [0.2, 0.25) is 5.91 Å². The molecule has 0 aromatic rings. The van der Waals surface area contributed by atoms with E-state index in [4.69, 9.17) is 10.5 Å². The van der Waals surface area contributed by atoms with Crippen LogP contribution in [0, 0.1) is 5.92 Å². The molecule has 1 aliphatic heterocycles. The number of hydrogen-bond acceptors (Lipinski definition) is 3. The smallest absolute Gasteiger partial charge is 0.222 e. The van der Waals surface area contributed by atoms with Crippen molar-refractivity contribution in [1.82, 2.24) is 4.90 Å². The molecule has 15 heavy (non-hydrogen) atoms. The van der Waals surface area contributed by atoms with Crippen LogP contribution in [0.3, 0.4) is 0 Å². The van der Waals surface area contributed by atoms with Gasteiger partial charge in [-0.05, 0) is 31.7 Å². The Labute approximate surface area is 91.8 Å². The second-order valence-corrected chi connectivity index (χ2v) is 4.20. The Morgan fingerprint density at radius 1 is 1.47 bits per heavy atom. The number of rotatable bonds is 7. The summed E-state index contributed by atoms with van der Waals surface area (Å²) in [6, 6.07) is 0. The fraction of sp³-hybridized carbons (Fsp3) is 0.909. The Kier molecular flexibility index (Phi) is 5.65. The van der Waals surface area contributed by atoms with Crippen LogP contribution in [0.25, 0.3) is 0 Å². The maximum atomic E-state index is 11.5. The number of methoxy groups -OCH3 is 1. The molecule has 1 amide bonds. The number of carbonyl (C=O) groups is 1. The van der Waals surface area contributed by atoms with Crippen molar-refractivity contribution in [3.63, 3.8) is 0 Å². The van der Waals surface area contributed by atoms with E-state index in [0.717, 1.165) is 39.0 Å². The van der Waals surface area contributed by atoms with Gasteiger partial charge in [0.1, 0.15) is 0 Å². The average Bonchev–Trinajstić information content (AvgIpc) is 2.59. The molecule has 0 saturated carbocycles. The molecule has 0 radical (unpaired) electrons. The maximum absolute atomic E-state index is 11.5. The molecular weight excluding hydrogens is 192 g/mol. The average molecular weight is 214 g/mol. The van der Waals surface area contributed by atoms with Crippen LogP contribution in [0.2, 0.25) is 0 Å². The standard InChI is InChI=1S/C11H22N2O2/c1-15-6-4-2-3-5-13-9-10(8-12)7-11(13)14/h10H,2-9,12H2,1H3. The second-order valence-electron chi connectivity index (χ2n) is 4.20. The first kappa shape index (κ1) is 12.5. The van der Waals surface area contributed by atoms with Gasteiger partial charge in [-0.25, -0.2) is 0 Å². The Morgan fingerprint density at radius 3 is 2.87 bits per heavy atom. The highest BCUT2D eigenvalue weighted by atomic mass is 16.5. The molecule has 4 nitrogen and oxygen atoms in total. The fourth-order valence-corrected chi connectivity index (χ4v) is 1.95. The summed E-state index contributed by atoms with van der Waals surface area (Å²) in [4.78, 5) is 13.5. The minimum atomic E-state index is 0.275. The van der Waals surface area contributed by atoms with E-state index in [1.807, 2.05) is 4.90 Å². The minimum Gasteiger partial charge on any atom is -0.385 e. The van der Waals surface area contributed by atoms with Crippen molar-refractivity contribution in [3.05, 3.63) is 0 Å². The van der Waals surface area contributed by atoms with Gasteiger partial charge in [0, 0.05) is 33.2 Å². The van der Waals surface area contributed by atoms with Gasteiger partial charge < -0.3 is 15.4 Å². The SMILES string of the molecule is COCCCCCN1CC(CN)CC1=O. The van der Waals surface area contributed by atoms with Crippen LogP contribution in [0.4, 0.5) is 0 Å². The van der Waals surface area contributed by atoms with Crippen LogP contribution in [0.5, 0.6) is 0 Å². The number of likely N-dealkylation sites (tertiary alicyclic amines) is 1. The lowest BCUT2D eigenvalue weighted by Crippen LogP contribution is -2.27. The van der Waals surface area contributed by atoms with Gasteiger partial charge in [-0.15, -0.1) is 0 Å². The van der Waals surface area contributed by atoms with Gasteiger partial charge in [0.15, 0.2) is 0 Å². The van der Waals surface area contributed by atoms with E-state index in [-0.39, 0.29) is 5.91 Å². The molecule has 0 aromatic heterocycles. The molecular formula is C11H22N2O2. The summed E-state index contributed by atoms with van der Waals surface area (Å²) in [5.41, 5.74) is 5.56. The lowest BCUT2D eigenvalue weighted by molar-refractivity contribution is -0.127. The number of amides is 1. The summed E-state index contributed by atoms with van der Waals surface area (Å²) in [5.74, 6) is 0.661. The van der Waals surface area contributed by atoms with E-state index in [2.05, 4.69) is 0 Å². The summed E-state index contributed by atoms with van der Waals surface area (Å²) in [6.45, 7) is 3.20. The van der Waals surface area contributed by atoms with Crippen LogP contribution >= 0.6 is 0 Å². The number of nitrogens with zero attached hydrogens (tertiary/aromatic N) is 1. The highest BCUT2D eigenvalue weighted by Crippen LogP contribution is 2.16. The molecule has 4 heteroatoms. The van der Waals surface area contributed by atoms with Crippen LogP contribution in [0.1, 0.15) is 25.7 Å². The summed E-state index contributed by atoms with van der Waals surface area (Å²) >= 11 is 0. The van der Waals surface area contributed by atoms with Crippen molar-refractivity contribution < 1.29 is 9.53 Å². The third-order valence-corrected chi connectivity index (χ3v) is 2.90. The molecule has 0 bridgehead atoms. The van der Waals surface area contributed by atoms with Gasteiger partial charge in [0.25, 0.3) is 0 Å². The second kappa shape index (κ2) is 6.80. The van der Waals surface area contributed by atoms with Gasteiger partial charge in [-0.1, -0.05) is 0 Å². The van der Waals surface area contributed by atoms with Crippen LogP contribution in [0.15, 0.2) is 0 Å². The molecule has 2 N–H and O–H groups in total. The number of ether oxygens (including phenoxy) is 1. The normalized spacial score (nSPS) is 21.3. The van der Waals surface area contributed by atoms with E-state index in [9.17, 15) is 4.79 Å². The highest BCUT2D eigenvalue weighted by Gasteiger charge is 2.27. The lowest BCUT2D eigenvalue weighted by atomic mass is 10.1. The fourth-order valence-electron chi connectivity index (χ4n) is 1.95. The first-order valence-electron chi connectivity index (χ1n) is 5.74. The van der Waals surface area contributed by atoms with Gasteiger partial charge >= 0.3 is 0 Å². The van der Waals surface area contributed by atoms with Crippen molar-refractivity contribution in [3.8, 4) is 0 Å². The molecule has 88 valence electrons. The molecule has 1 heterocycles. The van der Waals surface area contributed by atoms with Gasteiger partial charge in [0.05, 0.1) is 0 Å². The molecule has 0 aliphatic carbocycles. The summed E-state index contributed by atoms with van der Waals surface area (Å²) in [7, 11) is 1.72. The Balaban J connectivity index is 2.08. The Bertz CT molecular complexity index is 197. The van der Waals surface area contributed by atoms with Crippen LogP contribution < -0.4 is 5.73 Å². The zero-order valence-corrected chi connectivity index (χ0v) is 9.58. The van der Waals surface area contributed by atoms with E-state index in [0.29, 0.717) is 18.9 Å². The third-order valence-electron chi connectivity index (χ3n) is 2.90. The van der Waals surface area contributed by atoms with Crippen LogP contribution in [-0.4, -0.2) is 44.2 Å². The van der Waals surface area contributed by atoms with Gasteiger partial charge in [-0.2, -0.15) is 0 Å². The quantitative estimate of drug-likeness (QED) is 0.632. The topological polar surface area (TPSA) is 55.6 Å². The predicted octanol–water partition coefficient (Wildman–Crippen LogP) is 0.610. The molecule has 1 fully saturated rings. The number of unbranched alkanes of at least 4 members (excludes halogenated alkanes) is 2. The summed E-state index contributed by atoms with van der Waals surface area (Å²) < 4.78 is 4.97. The number of hydrogen-bond donors (Lipinski definition) is 1. The monoisotopic (exact) mass is 214 g/mol. The molecule has 0 spiro atoms. The van der Waals surface area contributed by atoms with Crippen molar-refractivity contribution in [2.75, 3.05) is 33.4 Å². The summed E-state index contributed by atoms with van der Waals surface area (Å²) in [6.07, 6.45) is 3.94. The van der Waals surface area contributed by atoms with E-state index in [1.54, 1.807) is 7.11 Å². The molecule has 1 saturated heterocycles. The Hall–Kier alpha value is -0.610. The van der Waals surface area contributed by atoms with Crippen molar-refractivity contribution in [2.24, 2.45) is 11.7 Å². The van der Waals surface area contributed by atoms with Crippen molar-refractivity contribution in [2.45, 2.75) is 25.7 Å². The highest BCUT2D eigenvalue weighted by molar-refractivity contribution is 5.78. The Morgan fingerprint density at radius 2 is 2.27 bits per heavy atom. The first-order chi connectivity index (χ1) is 7.27. The van der Waals surface area contributed by atoms with E-state index >= 15 is 0 Å². The largest absolute Gasteiger partial charge is 0.385 e. The third kappa shape index (κ3) is 4.18. The number of nitrogens with two attached hydrogens (primary N) is 1. The molecule has 1 unspecified atom stereocenters. The van der Waals surface area contributed by atoms with E-state index in [1.165, 1.54) is 0 Å². The number of carbonyl (C=O) groups excluding carboxylic acids is 1. The molecule has 1 aliphatic rings. The lowest BCUT2D eigenvalue weighted by Gasteiger charge is -2.15. The predicted molar refractivity (Wildman–Crippen MR) is 59.5 cm³/mol. The first-order valence-corrected chi connectivity index (χ1v) is 5.74. The van der Waals surface area contributed by atoms with Crippen LogP contribution in [-0.2, 0) is 9.53 Å². The summed E-state index contributed by atoms with van der Waals surface area (Å²) in [5, 5.41) is 0. The van der Waals surface area contributed by atoms with E-state index < -0.39 is 0 Å². The molecule has 0 aromatic carbocycles. The minimum absolute atomic E-state index is 0.275.